The Morgan fingerprint density at radius 3 is 2.55 bits per heavy atom. The maximum atomic E-state index is 13.9. The molecule has 0 aliphatic heterocycles. The number of hydrogen-bond acceptors (Lipinski definition) is 3. The van der Waals surface area contributed by atoms with Gasteiger partial charge in [0.2, 0.25) is 0 Å². The van der Waals surface area contributed by atoms with Crippen LogP contribution < -0.4 is 4.74 Å². The molecule has 0 atom stereocenters. The van der Waals surface area contributed by atoms with E-state index in [1.807, 2.05) is 30.3 Å². The van der Waals surface area contributed by atoms with Crippen molar-refractivity contribution in [3.63, 3.8) is 0 Å². The Balaban J connectivity index is 2.30. The van der Waals surface area contributed by atoms with Gasteiger partial charge in [-0.1, -0.05) is 30.3 Å². The predicted molar refractivity (Wildman–Crippen MR) is 83.9 cm³/mol. The molecular weight excluding hydrogens is 305 g/mol. The maximum Gasteiger partial charge on any atom is 0.255 e. The first-order chi connectivity index (χ1) is 10.6. The zero-order chi connectivity index (χ0) is 15.7. The summed E-state index contributed by atoms with van der Waals surface area (Å²) in [5.74, 6) is -0.212. The Morgan fingerprint density at radius 1 is 1.18 bits per heavy atom. The van der Waals surface area contributed by atoms with Crippen LogP contribution in [0.4, 0.5) is 4.39 Å². The highest BCUT2D eigenvalue weighted by atomic mass is 35.5. The van der Waals surface area contributed by atoms with Gasteiger partial charge in [-0.05, 0) is 23.7 Å². The molecule has 1 heterocycles. The van der Waals surface area contributed by atoms with Crippen LogP contribution in [0.2, 0.25) is 0 Å². The summed E-state index contributed by atoms with van der Waals surface area (Å²) >= 11 is 5.40. The van der Waals surface area contributed by atoms with Crippen LogP contribution >= 0.6 is 11.6 Å². The van der Waals surface area contributed by atoms with Crippen molar-refractivity contribution in [3.8, 4) is 17.0 Å². The molecule has 3 rings (SSSR count). The van der Waals surface area contributed by atoms with Crippen molar-refractivity contribution in [2.24, 2.45) is 0 Å². The quantitative estimate of drug-likeness (QED) is 0.671. The molecule has 0 spiro atoms. The first-order valence-corrected chi connectivity index (χ1v) is 6.91. The lowest BCUT2D eigenvalue weighted by molar-refractivity contribution is 0.107. The first-order valence-electron chi connectivity index (χ1n) is 6.53. The van der Waals surface area contributed by atoms with Gasteiger partial charge >= 0.3 is 0 Å². The lowest BCUT2D eigenvalue weighted by Gasteiger charge is -2.10. The van der Waals surface area contributed by atoms with Gasteiger partial charge in [0.15, 0.2) is 0 Å². The average Bonchev–Trinajstić information content (AvgIpc) is 2.54. The van der Waals surface area contributed by atoms with Crippen molar-refractivity contribution >= 4 is 27.7 Å². The van der Waals surface area contributed by atoms with Crippen molar-refractivity contribution in [3.05, 3.63) is 59.9 Å². The molecule has 110 valence electrons. The van der Waals surface area contributed by atoms with Crippen LogP contribution in [0.25, 0.3) is 22.2 Å². The predicted octanol–water partition coefficient (Wildman–Crippen LogP) is 4.43. The highest BCUT2D eigenvalue weighted by molar-refractivity contribution is 6.67. The van der Waals surface area contributed by atoms with Crippen LogP contribution in [0.5, 0.6) is 5.75 Å². The average molecular weight is 316 g/mol. The van der Waals surface area contributed by atoms with E-state index >= 15 is 0 Å². The number of ether oxygens (including phenoxy) is 1. The lowest BCUT2D eigenvalue weighted by Crippen LogP contribution is -1.98. The maximum absolute atomic E-state index is 13.9. The van der Waals surface area contributed by atoms with E-state index < -0.39 is 11.1 Å². The van der Waals surface area contributed by atoms with Crippen LogP contribution in [0.1, 0.15) is 10.4 Å². The normalized spacial score (nSPS) is 10.7. The molecule has 0 saturated carbocycles. The molecule has 0 radical (unpaired) electrons. The summed E-state index contributed by atoms with van der Waals surface area (Å²) in [7, 11) is 1.50. The number of halogens is 2. The summed E-state index contributed by atoms with van der Waals surface area (Å²) in [5.41, 5.74) is 1.81. The van der Waals surface area contributed by atoms with Gasteiger partial charge in [0.25, 0.3) is 5.24 Å². The van der Waals surface area contributed by atoms with Gasteiger partial charge in [-0.15, -0.1) is 0 Å². The van der Waals surface area contributed by atoms with Crippen molar-refractivity contribution in [2.45, 2.75) is 0 Å². The molecule has 0 N–H and O–H groups in total. The monoisotopic (exact) mass is 315 g/mol. The largest absolute Gasteiger partial charge is 0.496 e. The number of carbonyl (C=O) groups excluding carboxylic acids is 1. The second-order valence-electron chi connectivity index (χ2n) is 4.70. The number of hydrogen-bond donors (Lipinski definition) is 0. The topological polar surface area (TPSA) is 39.2 Å². The first kappa shape index (κ1) is 14.5. The van der Waals surface area contributed by atoms with E-state index in [9.17, 15) is 9.18 Å². The summed E-state index contributed by atoms with van der Waals surface area (Å²) in [5, 5.41) is -0.369. The van der Waals surface area contributed by atoms with Crippen molar-refractivity contribution in [1.82, 2.24) is 4.98 Å². The molecule has 1 aromatic heterocycles. The van der Waals surface area contributed by atoms with E-state index in [0.717, 1.165) is 5.56 Å². The van der Waals surface area contributed by atoms with Crippen molar-refractivity contribution in [2.75, 3.05) is 7.11 Å². The number of benzene rings is 2. The van der Waals surface area contributed by atoms with Gasteiger partial charge in [-0.3, -0.25) is 4.79 Å². The lowest BCUT2D eigenvalue weighted by atomic mass is 10.1. The number of aromatic nitrogens is 1. The number of pyridine rings is 1. The molecule has 2 aromatic carbocycles. The Labute approximate surface area is 131 Å². The zero-order valence-electron chi connectivity index (χ0n) is 11.6. The van der Waals surface area contributed by atoms with Gasteiger partial charge < -0.3 is 4.74 Å². The van der Waals surface area contributed by atoms with Crippen LogP contribution in [-0.2, 0) is 0 Å². The van der Waals surface area contributed by atoms with E-state index in [1.165, 1.54) is 19.2 Å². The minimum atomic E-state index is -0.856. The van der Waals surface area contributed by atoms with E-state index in [4.69, 9.17) is 16.3 Å². The number of nitrogens with zero attached hydrogens (tertiary/aromatic N) is 1. The van der Waals surface area contributed by atoms with Crippen LogP contribution in [0.3, 0.4) is 0 Å². The van der Waals surface area contributed by atoms with Crippen molar-refractivity contribution in [1.29, 1.82) is 0 Å². The minimum Gasteiger partial charge on any atom is -0.496 e. The zero-order valence-corrected chi connectivity index (χ0v) is 12.4. The molecule has 0 saturated heterocycles. The molecule has 3 aromatic rings. The Kier molecular flexibility index (Phi) is 3.77. The van der Waals surface area contributed by atoms with Gasteiger partial charge in [-0.2, -0.15) is 0 Å². The van der Waals surface area contributed by atoms with E-state index in [1.54, 1.807) is 6.07 Å². The third-order valence-electron chi connectivity index (χ3n) is 3.36. The molecule has 5 heteroatoms. The smallest absolute Gasteiger partial charge is 0.255 e. The van der Waals surface area contributed by atoms with Gasteiger partial charge in [-0.25, -0.2) is 9.37 Å². The van der Waals surface area contributed by atoms with Crippen LogP contribution in [0.15, 0.2) is 48.5 Å². The van der Waals surface area contributed by atoms with Gasteiger partial charge in [0.05, 0.1) is 23.9 Å². The molecule has 0 unspecified atom stereocenters. The second kappa shape index (κ2) is 5.73. The Hall–Kier alpha value is -2.46. The third-order valence-corrected chi connectivity index (χ3v) is 3.56. The molecule has 3 nitrogen and oxygen atoms in total. The van der Waals surface area contributed by atoms with E-state index in [0.29, 0.717) is 22.3 Å². The fraction of sp³-hybridized carbons (Fsp3) is 0.0588. The molecular formula is C17H11ClFNO2. The fourth-order valence-electron chi connectivity index (χ4n) is 2.29. The molecule has 22 heavy (non-hydrogen) atoms. The molecule has 0 aliphatic rings. The van der Waals surface area contributed by atoms with Crippen LogP contribution in [-0.4, -0.2) is 17.3 Å². The van der Waals surface area contributed by atoms with Gasteiger partial charge in [0, 0.05) is 17.0 Å². The summed E-state index contributed by atoms with van der Waals surface area (Å²) in [6.07, 6.45) is 0. The number of fused-ring (bicyclic) bond motifs is 1. The summed E-state index contributed by atoms with van der Waals surface area (Å²) in [4.78, 5) is 15.8. The summed E-state index contributed by atoms with van der Waals surface area (Å²) in [6.45, 7) is 0. The molecule has 0 amide bonds. The molecule has 0 bridgehead atoms. The summed E-state index contributed by atoms with van der Waals surface area (Å²) < 4.78 is 19.2. The number of rotatable bonds is 3. The third kappa shape index (κ3) is 2.53. The Morgan fingerprint density at radius 2 is 1.91 bits per heavy atom. The Bertz CT molecular complexity index is 865. The highest BCUT2D eigenvalue weighted by Gasteiger charge is 2.15. The number of carbonyl (C=O) groups is 1. The van der Waals surface area contributed by atoms with E-state index in [-0.39, 0.29) is 5.56 Å². The van der Waals surface area contributed by atoms with E-state index in [2.05, 4.69) is 4.98 Å². The fourth-order valence-corrected chi connectivity index (χ4v) is 2.44. The van der Waals surface area contributed by atoms with Crippen LogP contribution in [0, 0.1) is 5.82 Å². The molecule has 0 fully saturated rings. The number of methoxy groups -OCH3 is 1. The van der Waals surface area contributed by atoms with Crippen molar-refractivity contribution < 1.29 is 13.9 Å². The standard InChI is InChI=1S/C17H11ClFNO2/c1-22-16-9-14(10-5-3-2-4-6-10)20-15-8-11(17(18)21)13(19)7-12(15)16/h2-9H,1H3. The SMILES string of the molecule is COc1cc(-c2ccccc2)nc2cc(C(=O)Cl)c(F)cc12. The summed E-state index contributed by atoms with van der Waals surface area (Å²) in [6, 6.07) is 13.8. The van der Waals surface area contributed by atoms with Gasteiger partial charge in [0.1, 0.15) is 11.6 Å². The minimum absolute atomic E-state index is 0.200. The second-order valence-corrected chi connectivity index (χ2v) is 5.04. The molecule has 0 aliphatic carbocycles. The highest BCUT2D eigenvalue weighted by Crippen LogP contribution is 2.31.